The molecule has 140 valence electrons. The monoisotopic (exact) mass is 393 g/mol. The van der Waals surface area contributed by atoms with Crippen LogP contribution in [0.15, 0.2) is 67.0 Å². The topological polar surface area (TPSA) is 55.3 Å². The maximum atomic E-state index is 13.6. The zero-order valence-corrected chi connectivity index (χ0v) is 15.8. The molecule has 0 fully saturated rings. The second kappa shape index (κ2) is 7.74. The number of halogens is 1. The summed E-state index contributed by atoms with van der Waals surface area (Å²) in [7, 11) is 1.53. The van der Waals surface area contributed by atoms with E-state index in [1.807, 2.05) is 18.2 Å². The van der Waals surface area contributed by atoms with Crippen molar-refractivity contribution in [2.75, 3.05) is 12.0 Å². The van der Waals surface area contributed by atoms with Gasteiger partial charge in [0.15, 0.2) is 5.13 Å². The molecule has 7 heteroatoms. The number of rotatable bonds is 5. The Hall–Kier alpha value is -3.32. The van der Waals surface area contributed by atoms with Crippen molar-refractivity contribution in [3.8, 4) is 5.75 Å². The third-order valence-corrected chi connectivity index (χ3v) is 5.26. The Morgan fingerprint density at radius 1 is 1.18 bits per heavy atom. The van der Waals surface area contributed by atoms with Crippen LogP contribution >= 0.6 is 11.3 Å². The van der Waals surface area contributed by atoms with E-state index < -0.39 is 0 Å². The normalized spacial score (nSPS) is 10.8. The van der Waals surface area contributed by atoms with Crippen molar-refractivity contribution in [2.24, 2.45) is 0 Å². The highest BCUT2D eigenvalue weighted by Gasteiger charge is 2.24. The van der Waals surface area contributed by atoms with Crippen LogP contribution in [0, 0.1) is 5.82 Å². The standard InChI is InChI=1S/C21H16FN3O2S/c1-27-18-7-3-2-6-16(18)20(26)25(13-14-5-4-10-23-12-14)21-24-17-9-8-15(22)11-19(17)28-21/h2-12H,13H2,1H3. The summed E-state index contributed by atoms with van der Waals surface area (Å²) >= 11 is 1.27. The summed E-state index contributed by atoms with van der Waals surface area (Å²) in [5.74, 6) is -0.103. The molecule has 2 heterocycles. The summed E-state index contributed by atoms with van der Waals surface area (Å²) in [6.45, 7) is 0.285. The second-order valence-electron chi connectivity index (χ2n) is 6.06. The quantitative estimate of drug-likeness (QED) is 0.494. The number of nitrogens with zero attached hydrogens (tertiary/aromatic N) is 3. The van der Waals surface area contributed by atoms with Crippen LogP contribution in [0.2, 0.25) is 0 Å². The molecule has 4 rings (SSSR count). The lowest BCUT2D eigenvalue weighted by atomic mass is 10.1. The first-order chi connectivity index (χ1) is 13.7. The maximum absolute atomic E-state index is 13.6. The smallest absolute Gasteiger partial charge is 0.264 e. The van der Waals surface area contributed by atoms with Gasteiger partial charge in [-0.2, -0.15) is 0 Å². The van der Waals surface area contributed by atoms with Crippen molar-refractivity contribution in [1.29, 1.82) is 0 Å². The van der Waals surface area contributed by atoms with Gasteiger partial charge in [0.25, 0.3) is 5.91 Å². The Morgan fingerprint density at radius 3 is 2.82 bits per heavy atom. The minimum absolute atomic E-state index is 0.249. The number of thiazole rings is 1. The Kier molecular flexibility index (Phi) is 4.99. The van der Waals surface area contributed by atoms with E-state index in [4.69, 9.17) is 4.74 Å². The molecule has 2 aromatic heterocycles. The molecule has 0 unspecified atom stereocenters. The fraction of sp³-hybridized carbons (Fsp3) is 0.0952. The van der Waals surface area contributed by atoms with Gasteiger partial charge in [-0.05, 0) is 42.0 Å². The van der Waals surface area contributed by atoms with Crippen LogP contribution in [0.1, 0.15) is 15.9 Å². The minimum atomic E-state index is -0.336. The van der Waals surface area contributed by atoms with Crippen molar-refractivity contribution in [2.45, 2.75) is 6.54 Å². The number of anilines is 1. The molecule has 0 aliphatic carbocycles. The first kappa shape index (κ1) is 18.1. The zero-order chi connectivity index (χ0) is 19.5. The van der Waals surface area contributed by atoms with Gasteiger partial charge in [0.2, 0.25) is 0 Å². The summed E-state index contributed by atoms with van der Waals surface area (Å²) in [5.41, 5.74) is 1.93. The average molecular weight is 393 g/mol. The van der Waals surface area contributed by atoms with Crippen molar-refractivity contribution in [3.63, 3.8) is 0 Å². The zero-order valence-electron chi connectivity index (χ0n) is 15.0. The number of methoxy groups -OCH3 is 1. The van der Waals surface area contributed by atoms with Crippen molar-refractivity contribution < 1.29 is 13.9 Å². The largest absolute Gasteiger partial charge is 0.496 e. The average Bonchev–Trinajstić information content (AvgIpc) is 3.15. The van der Waals surface area contributed by atoms with E-state index >= 15 is 0 Å². The van der Waals surface area contributed by atoms with E-state index in [1.165, 1.54) is 30.6 Å². The number of para-hydroxylation sites is 1. The van der Waals surface area contributed by atoms with Gasteiger partial charge in [-0.25, -0.2) is 9.37 Å². The fourth-order valence-electron chi connectivity index (χ4n) is 2.87. The molecule has 28 heavy (non-hydrogen) atoms. The minimum Gasteiger partial charge on any atom is -0.496 e. The summed E-state index contributed by atoms with van der Waals surface area (Å²) in [4.78, 5) is 23.6. The van der Waals surface area contributed by atoms with Crippen LogP contribution in [-0.2, 0) is 6.54 Å². The van der Waals surface area contributed by atoms with Gasteiger partial charge in [-0.15, -0.1) is 0 Å². The van der Waals surface area contributed by atoms with Crippen LogP contribution in [0.25, 0.3) is 10.2 Å². The summed E-state index contributed by atoms with van der Waals surface area (Å²) in [6.07, 6.45) is 3.38. The van der Waals surface area contributed by atoms with E-state index in [0.29, 0.717) is 26.7 Å². The van der Waals surface area contributed by atoms with Gasteiger partial charge in [0.1, 0.15) is 11.6 Å². The number of aromatic nitrogens is 2. The number of ether oxygens (including phenoxy) is 1. The van der Waals surface area contributed by atoms with Crippen LogP contribution in [-0.4, -0.2) is 23.0 Å². The Bertz CT molecular complexity index is 1130. The van der Waals surface area contributed by atoms with Crippen molar-refractivity contribution in [3.05, 3.63) is 83.9 Å². The first-order valence-electron chi connectivity index (χ1n) is 8.55. The molecule has 4 aromatic rings. The third kappa shape index (κ3) is 3.57. The number of pyridine rings is 1. The van der Waals surface area contributed by atoms with Gasteiger partial charge in [-0.3, -0.25) is 14.7 Å². The van der Waals surface area contributed by atoms with Gasteiger partial charge in [0, 0.05) is 12.4 Å². The molecule has 0 N–H and O–H groups in total. The Balaban J connectivity index is 1.79. The molecule has 0 aliphatic heterocycles. The molecule has 0 radical (unpaired) electrons. The highest BCUT2D eigenvalue weighted by molar-refractivity contribution is 7.22. The molecular weight excluding hydrogens is 377 g/mol. The number of fused-ring (bicyclic) bond motifs is 1. The first-order valence-corrected chi connectivity index (χ1v) is 9.37. The lowest BCUT2D eigenvalue weighted by molar-refractivity contribution is 0.0982. The van der Waals surface area contributed by atoms with Crippen LogP contribution in [0.4, 0.5) is 9.52 Å². The van der Waals surface area contributed by atoms with E-state index in [0.717, 1.165) is 5.56 Å². The lowest BCUT2D eigenvalue weighted by Crippen LogP contribution is -2.30. The van der Waals surface area contributed by atoms with Gasteiger partial charge in [-0.1, -0.05) is 29.5 Å². The number of carbonyl (C=O) groups is 1. The molecule has 2 aromatic carbocycles. The molecular formula is C21H16FN3O2S. The summed E-state index contributed by atoms with van der Waals surface area (Å²) in [6, 6.07) is 15.1. The number of benzene rings is 2. The van der Waals surface area contributed by atoms with Crippen LogP contribution < -0.4 is 9.64 Å². The van der Waals surface area contributed by atoms with Gasteiger partial charge in [0.05, 0.1) is 29.4 Å². The molecule has 0 aliphatic rings. The molecule has 5 nitrogen and oxygen atoms in total. The maximum Gasteiger partial charge on any atom is 0.264 e. The number of hydrogen-bond donors (Lipinski definition) is 0. The molecule has 0 saturated heterocycles. The van der Waals surface area contributed by atoms with Gasteiger partial charge >= 0.3 is 0 Å². The van der Waals surface area contributed by atoms with Crippen LogP contribution in [0.5, 0.6) is 5.75 Å². The van der Waals surface area contributed by atoms with E-state index in [9.17, 15) is 9.18 Å². The molecule has 0 atom stereocenters. The van der Waals surface area contributed by atoms with E-state index in [-0.39, 0.29) is 18.3 Å². The highest BCUT2D eigenvalue weighted by atomic mass is 32.1. The van der Waals surface area contributed by atoms with Gasteiger partial charge < -0.3 is 4.74 Å². The molecule has 0 saturated carbocycles. The van der Waals surface area contributed by atoms with Crippen molar-refractivity contribution in [1.82, 2.24) is 9.97 Å². The molecule has 0 spiro atoms. The summed E-state index contributed by atoms with van der Waals surface area (Å²) < 4.78 is 19.6. The van der Waals surface area contributed by atoms with Crippen LogP contribution in [0.3, 0.4) is 0 Å². The fourth-order valence-corrected chi connectivity index (χ4v) is 3.86. The number of amides is 1. The predicted molar refractivity (Wildman–Crippen MR) is 107 cm³/mol. The third-order valence-electron chi connectivity index (χ3n) is 4.22. The second-order valence-corrected chi connectivity index (χ2v) is 7.07. The predicted octanol–water partition coefficient (Wildman–Crippen LogP) is 4.69. The molecule has 0 bridgehead atoms. The van der Waals surface area contributed by atoms with E-state index in [2.05, 4.69) is 9.97 Å². The number of hydrogen-bond acceptors (Lipinski definition) is 5. The van der Waals surface area contributed by atoms with Crippen molar-refractivity contribution >= 4 is 32.6 Å². The SMILES string of the molecule is COc1ccccc1C(=O)N(Cc1cccnc1)c1nc2ccc(F)cc2s1. The number of carbonyl (C=O) groups excluding carboxylic acids is 1. The Morgan fingerprint density at radius 2 is 2.04 bits per heavy atom. The Labute approximate surface area is 165 Å². The highest BCUT2D eigenvalue weighted by Crippen LogP contribution is 2.32. The lowest BCUT2D eigenvalue weighted by Gasteiger charge is -2.21. The van der Waals surface area contributed by atoms with E-state index in [1.54, 1.807) is 41.6 Å². The molecule has 1 amide bonds. The summed E-state index contributed by atoms with van der Waals surface area (Å²) in [5, 5.41) is 0.486.